The Balaban J connectivity index is 1.34. The average molecular weight is 597 g/mol. The van der Waals surface area contributed by atoms with E-state index in [2.05, 4.69) is 172 Å². The molecule has 0 heteroatoms. The van der Waals surface area contributed by atoms with Crippen LogP contribution in [0.25, 0.3) is 87.2 Å². The third-order valence-electron chi connectivity index (χ3n) is 10.8. The summed E-state index contributed by atoms with van der Waals surface area (Å²) < 4.78 is 0. The predicted molar refractivity (Wildman–Crippen MR) is 202 cm³/mol. The van der Waals surface area contributed by atoms with Crippen molar-refractivity contribution in [3.63, 3.8) is 0 Å². The Hall–Kier alpha value is -5.72. The van der Waals surface area contributed by atoms with Crippen LogP contribution >= 0.6 is 0 Å². The van der Waals surface area contributed by atoms with Crippen molar-refractivity contribution in [2.75, 3.05) is 0 Å². The molecular weight excluding hydrogens is 565 g/mol. The third-order valence-corrected chi connectivity index (χ3v) is 10.8. The number of hydrogen-bond donors (Lipinski definition) is 0. The van der Waals surface area contributed by atoms with Crippen molar-refractivity contribution in [2.45, 2.75) is 19.3 Å². The molecule has 9 aromatic carbocycles. The summed E-state index contributed by atoms with van der Waals surface area (Å²) in [4.78, 5) is 0. The molecule has 9 aromatic rings. The minimum Gasteiger partial charge on any atom is -0.0619 e. The topological polar surface area (TPSA) is 0 Å². The average Bonchev–Trinajstić information content (AvgIpc) is 3.35. The lowest BCUT2D eigenvalue weighted by Crippen LogP contribution is -2.14. The largest absolute Gasteiger partial charge is 0.0619 e. The van der Waals surface area contributed by atoms with Crippen molar-refractivity contribution in [1.82, 2.24) is 0 Å². The maximum absolute atomic E-state index is 2.48. The summed E-state index contributed by atoms with van der Waals surface area (Å²) in [7, 11) is 0. The van der Waals surface area contributed by atoms with E-state index >= 15 is 0 Å². The molecule has 0 nitrogen and oxygen atoms in total. The second-order valence-corrected chi connectivity index (χ2v) is 13.7. The van der Waals surface area contributed by atoms with Gasteiger partial charge in [0.2, 0.25) is 0 Å². The molecular formula is C47H32. The van der Waals surface area contributed by atoms with Crippen LogP contribution in [0.15, 0.2) is 158 Å². The molecule has 0 N–H and O–H groups in total. The highest BCUT2D eigenvalue weighted by atomic mass is 14.4. The first-order valence-corrected chi connectivity index (χ1v) is 16.6. The Morgan fingerprint density at radius 3 is 1.68 bits per heavy atom. The summed E-state index contributed by atoms with van der Waals surface area (Å²) in [5.74, 6) is 0. The van der Waals surface area contributed by atoms with Crippen LogP contribution < -0.4 is 0 Å². The SMILES string of the molecule is CC1(C)c2ccccc2-c2ccc(-c3c4ccccc4c(-c4ccc5ccc6ccccc6c5c4)c4c3ccc3ccccc34)cc21. The van der Waals surface area contributed by atoms with Gasteiger partial charge in [-0.1, -0.05) is 159 Å². The zero-order valence-electron chi connectivity index (χ0n) is 26.5. The molecule has 1 aliphatic rings. The van der Waals surface area contributed by atoms with Gasteiger partial charge < -0.3 is 0 Å². The molecule has 0 fully saturated rings. The highest BCUT2D eigenvalue weighted by Crippen LogP contribution is 2.52. The van der Waals surface area contributed by atoms with Crippen LogP contribution in [-0.2, 0) is 5.41 Å². The minimum absolute atomic E-state index is 0.0615. The number of hydrogen-bond acceptors (Lipinski definition) is 0. The van der Waals surface area contributed by atoms with Gasteiger partial charge in [0.05, 0.1) is 0 Å². The molecule has 0 bridgehead atoms. The van der Waals surface area contributed by atoms with Crippen molar-refractivity contribution < 1.29 is 0 Å². The molecule has 0 amide bonds. The van der Waals surface area contributed by atoms with Crippen LogP contribution in [0.3, 0.4) is 0 Å². The number of benzene rings is 9. The molecule has 0 saturated carbocycles. The molecule has 0 saturated heterocycles. The Morgan fingerprint density at radius 2 is 0.872 bits per heavy atom. The van der Waals surface area contributed by atoms with Gasteiger partial charge >= 0.3 is 0 Å². The Labute approximate surface area is 274 Å². The van der Waals surface area contributed by atoms with E-state index < -0.39 is 0 Å². The van der Waals surface area contributed by atoms with Gasteiger partial charge in [0, 0.05) is 5.41 Å². The van der Waals surface area contributed by atoms with E-state index in [0.29, 0.717) is 0 Å². The van der Waals surface area contributed by atoms with Gasteiger partial charge in [0.1, 0.15) is 0 Å². The van der Waals surface area contributed by atoms with Gasteiger partial charge in [0.15, 0.2) is 0 Å². The van der Waals surface area contributed by atoms with Gasteiger partial charge in [0.25, 0.3) is 0 Å². The number of rotatable bonds is 2. The first kappa shape index (κ1) is 26.5. The molecule has 0 radical (unpaired) electrons. The summed E-state index contributed by atoms with van der Waals surface area (Å²) in [5, 5.41) is 12.9. The van der Waals surface area contributed by atoms with Gasteiger partial charge in [-0.2, -0.15) is 0 Å². The summed E-state index contributed by atoms with van der Waals surface area (Å²) in [6.45, 7) is 4.75. The first-order valence-electron chi connectivity index (χ1n) is 16.6. The highest BCUT2D eigenvalue weighted by Gasteiger charge is 2.35. The van der Waals surface area contributed by atoms with Crippen LogP contribution in [-0.4, -0.2) is 0 Å². The van der Waals surface area contributed by atoms with Crippen molar-refractivity contribution in [3.05, 3.63) is 169 Å². The van der Waals surface area contributed by atoms with Crippen LogP contribution in [0.5, 0.6) is 0 Å². The maximum Gasteiger partial charge on any atom is 0.0159 e. The Bertz CT molecular complexity index is 2760. The van der Waals surface area contributed by atoms with E-state index in [-0.39, 0.29) is 5.41 Å². The first-order chi connectivity index (χ1) is 23.1. The van der Waals surface area contributed by atoms with E-state index in [1.54, 1.807) is 0 Å². The summed E-state index contributed by atoms with van der Waals surface area (Å²) in [6, 6.07) is 59.0. The lowest BCUT2D eigenvalue weighted by atomic mass is 9.80. The minimum atomic E-state index is -0.0615. The van der Waals surface area contributed by atoms with Crippen LogP contribution in [0.4, 0.5) is 0 Å². The fourth-order valence-corrected chi connectivity index (χ4v) is 8.58. The van der Waals surface area contributed by atoms with Crippen molar-refractivity contribution in [3.8, 4) is 33.4 Å². The molecule has 0 spiro atoms. The fourth-order valence-electron chi connectivity index (χ4n) is 8.58. The van der Waals surface area contributed by atoms with Gasteiger partial charge in [-0.25, -0.2) is 0 Å². The number of fused-ring (bicyclic) bond motifs is 10. The molecule has 220 valence electrons. The quantitative estimate of drug-likeness (QED) is 0.138. The van der Waals surface area contributed by atoms with E-state index in [1.165, 1.54) is 98.4 Å². The summed E-state index contributed by atoms with van der Waals surface area (Å²) >= 11 is 0. The Morgan fingerprint density at radius 1 is 0.340 bits per heavy atom. The molecule has 10 rings (SSSR count). The summed E-state index contributed by atoms with van der Waals surface area (Å²) in [6.07, 6.45) is 0. The monoisotopic (exact) mass is 596 g/mol. The van der Waals surface area contributed by atoms with Crippen LogP contribution in [0.2, 0.25) is 0 Å². The zero-order valence-corrected chi connectivity index (χ0v) is 26.5. The smallest absolute Gasteiger partial charge is 0.0159 e. The van der Waals surface area contributed by atoms with E-state index in [1.807, 2.05) is 0 Å². The zero-order chi connectivity index (χ0) is 31.3. The molecule has 0 heterocycles. The van der Waals surface area contributed by atoms with E-state index in [0.717, 1.165) is 0 Å². The Kier molecular flexibility index (Phi) is 5.44. The highest BCUT2D eigenvalue weighted by molar-refractivity contribution is 6.28. The predicted octanol–water partition coefficient (Wildman–Crippen LogP) is 13.1. The normalized spacial score (nSPS) is 13.5. The van der Waals surface area contributed by atoms with Gasteiger partial charge in [-0.05, 0) is 111 Å². The van der Waals surface area contributed by atoms with E-state index in [9.17, 15) is 0 Å². The van der Waals surface area contributed by atoms with Crippen molar-refractivity contribution in [1.29, 1.82) is 0 Å². The fraction of sp³-hybridized carbons (Fsp3) is 0.0638. The van der Waals surface area contributed by atoms with Crippen LogP contribution in [0.1, 0.15) is 25.0 Å². The molecule has 0 unspecified atom stereocenters. The molecule has 1 aliphatic carbocycles. The molecule has 0 atom stereocenters. The van der Waals surface area contributed by atoms with Crippen molar-refractivity contribution >= 4 is 53.9 Å². The summed E-state index contributed by atoms with van der Waals surface area (Å²) in [5.41, 5.74) is 10.6. The lowest BCUT2D eigenvalue weighted by Gasteiger charge is -2.23. The van der Waals surface area contributed by atoms with Crippen molar-refractivity contribution in [2.24, 2.45) is 0 Å². The molecule has 0 aliphatic heterocycles. The maximum atomic E-state index is 2.48. The lowest BCUT2D eigenvalue weighted by molar-refractivity contribution is 0.660. The van der Waals surface area contributed by atoms with Gasteiger partial charge in [-0.15, -0.1) is 0 Å². The third kappa shape index (κ3) is 3.70. The second kappa shape index (κ2) is 9.64. The van der Waals surface area contributed by atoms with Crippen LogP contribution in [0, 0.1) is 0 Å². The molecule has 0 aromatic heterocycles. The van der Waals surface area contributed by atoms with E-state index in [4.69, 9.17) is 0 Å². The second-order valence-electron chi connectivity index (χ2n) is 13.7. The molecule has 47 heavy (non-hydrogen) atoms. The standard InChI is InChI=1S/C47H32/c1-47(2)42-18-10-9-15-36(42)37-25-24-33(28-43(37)47)44-38-16-7-8-17-39(38)45(46-35-14-6-4-12-30(35)23-26-40(44)46)32-22-21-31-20-19-29-11-3-5-13-34(29)41(31)27-32/h3-28H,1-2H3. The van der Waals surface area contributed by atoms with Gasteiger partial charge in [-0.3, -0.25) is 0 Å².